The number of fused-ring (bicyclic) bond motifs is 1. The van der Waals surface area contributed by atoms with Crippen molar-refractivity contribution in [1.29, 1.82) is 0 Å². The van der Waals surface area contributed by atoms with Crippen molar-refractivity contribution < 1.29 is 17.7 Å². The van der Waals surface area contributed by atoms with Gasteiger partial charge in [0.2, 0.25) is 0 Å². The van der Waals surface area contributed by atoms with Crippen molar-refractivity contribution in [3.63, 3.8) is 0 Å². The number of carbonyl (C=O) groups is 1. The summed E-state index contributed by atoms with van der Waals surface area (Å²) in [5, 5.41) is 4.17. The molecule has 0 aliphatic rings. The van der Waals surface area contributed by atoms with E-state index in [1.54, 1.807) is 61.7 Å². The molecule has 1 atom stereocenters. The number of halogens is 2. The molecule has 2 heterocycles. The minimum atomic E-state index is -4.13. The topological polar surface area (TPSA) is 82.2 Å². The lowest BCUT2D eigenvalue weighted by Gasteiger charge is -2.16. The molecule has 0 radical (unpaired) electrons. The quantitative estimate of drug-likeness (QED) is 0.203. The van der Waals surface area contributed by atoms with Crippen LogP contribution < -0.4 is 0 Å². The molecule has 0 N–H and O–H groups in total. The zero-order valence-electron chi connectivity index (χ0n) is 20.5. The summed E-state index contributed by atoms with van der Waals surface area (Å²) in [5.74, 6) is 0.0797. The molecule has 0 aliphatic carbocycles. The van der Waals surface area contributed by atoms with Crippen molar-refractivity contribution in [3.8, 4) is 0 Å². The molecule has 6 nitrogen and oxygen atoms in total. The number of carbonyl (C=O) groups excluding carboxylic acids is 1. The molecule has 0 saturated heterocycles. The van der Waals surface area contributed by atoms with E-state index in [2.05, 4.69) is 5.16 Å². The first-order valence-corrected chi connectivity index (χ1v) is 14.3. The van der Waals surface area contributed by atoms with Gasteiger partial charge in [-0.3, -0.25) is 4.79 Å². The number of ketones is 1. The van der Waals surface area contributed by atoms with Crippen LogP contribution in [0.3, 0.4) is 0 Å². The molecule has 0 fully saturated rings. The van der Waals surface area contributed by atoms with Crippen LogP contribution >= 0.6 is 23.2 Å². The molecule has 5 rings (SSSR count). The summed E-state index contributed by atoms with van der Waals surface area (Å²) in [5.41, 5.74) is 2.71. The van der Waals surface area contributed by atoms with Crippen LogP contribution in [0.4, 0.5) is 0 Å². The number of aryl methyl sites for hydroxylation is 1. The van der Waals surface area contributed by atoms with Crippen LogP contribution in [0.1, 0.15) is 22.6 Å². The van der Waals surface area contributed by atoms with Crippen molar-refractivity contribution in [2.24, 2.45) is 0 Å². The fourth-order valence-corrected chi connectivity index (χ4v) is 6.95. The highest BCUT2D eigenvalue weighted by Gasteiger charge is 2.36. The van der Waals surface area contributed by atoms with Gasteiger partial charge in [0.25, 0.3) is 0 Å². The molecule has 194 valence electrons. The van der Waals surface area contributed by atoms with E-state index >= 15 is 0 Å². The van der Waals surface area contributed by atoms with E-state index < -0.39 is 20.9 Å². The van der Waals surface area contributed by atoms with Crippen molar-refractivity contribution in [2.45, 2.75) is 36.5 Å². The molecular weight excluding hydrogens is 543 g/mol. The molecule has 5 aromatic rings. The summed E-state index contributed by atoms with van der Waals surface area (Å²) in [4.78, 5) is 13.7. The van der Waals surface area contributed by atoms with Gasteiger partial charge in [0, 0.05) is 39.8 Å². The monoisotopic (exact) mass is 566 g/mol. The van der Waals surface area contributed by atoms with Crippen LogP contribution in [0.15, 0.2) is 94.5 Å². The van der Waals surface area contributed by atoms with Crippen molar-refractivity contribution in [3.05, 3.63) is 118 Å². The van der Waals surface area contributed by atoms with Gasteiger partial charge in [0.1, 0.15) is 11.0 Å². The first kappa shape index (κ1) is 26.2. The predicted molar refractivity (Wildman–Crippen MR) is 149 cm³/mol. The van der Waals surface area contributed by atoms with E-state index in [0.29, 0.717) is 39.0 Å². The lowest BCUT2D eigenvalue weighted by molar-refractivity contribution is -0.118. The van der Waals surface area contributed by atoms with Crippen LogP contribution in [0, 0.1) is 6.92 Å². The maximum atomic E-state index is 14.3. The van der Waals surface area contributed by atoms with Gasteiger partial charge in [-0.2, -0.15) is 0 Å². The summed E-state index contributed by atoms with van der Waals surface area (Å²) in [6.07, 6.45) is 1.43. The standard InChI is InChI=1S/C29H24Cl2N2O4S/c1-19-12-24(32-37-19)16-27(34)28(15-20-6-4-8-22(30)13-20)38(35,36)29-18-33(26-11-3-2-10-25(26)29)17-21-7-5-9-23(31)14-21/h2-14,18,28H,15-17H2,1H3. The van der Waals surface area contributed by atoms with Crippen molar-refractivity contribution in [1.82, 2.24) is 9.72 Å². The van der Waals surface area contributed by atoms with Gasteiger partial charge in [0.05, 0.1) is 17.0 Å². The second-order valence-corrected chi connectivity index (χ2v) is 12.2. The predicted octanol–water partition coefficient (Wildman–Crippen LogP) is 6.49. The van der Waals surface area contributed by atoms with E-state index in [0.717, 1.165) is 11.1 Å². The van der Waals surface area contributed by atoms with Gasteiger partial charge in [0.15, 0.2) is 15.6 Å². The molecule has 0 saturated carbocycles. The minimum Gasteiger partial charge on any atom is -0.361 e. The maximum Gasteiger partial charge on any atom is 0.190 e. The van der Waals surface area contributed by atoms with E-state index in [9.17, 15) is 13.2 Å². The number of hydrogen-bond donors (Lipinski definition) is 0. The fourth-order valence-electron chi connectivity index (χ4n) is 4.62. The number of para-hydroxylation sites is 1. The molecule has 2 aromatic heterocycles. The van der Waals surface area contributed by atoms with Crippen LogP contribution in [0.5, 0.6) is 0 Å². The van der Waals surface area contributed by atoms with E-state index in [1.807, 2.05) is 34.9 Å². The number of nitrogens with zero attached hydrogens (tertiary/aromatic N) is 2. The molecule has 0 spiro atoms. The van der Waals surface area contributed by atoms with Crippen LogP contribution in [-0.2, 0) is 34.0 Å². The summed E-state index contributed by atoms with van der Waals surface area (Å²) >= 11 is 12.3. The lowest BCUT2D eigenvalue weighted by atomic mass is 10.0. The molecule has 0 aliphatic heterocycles. The number of hydrogen-bond acceptors (Lipinski definition) is 5. The molecule has 9 heteroatoms. The summed E-state index contributed by atoms with van der Waals surface area (Å²) < 4.78 is 35.5. The largest absolute Gasteiger partial charge is 0.361 e. The average molecular weight is 567 g/mol. The Morgan fingerprint density at radius 2 is 1.63 bits per heavy atom. The zero-order valence-corrected chi connectivity index (χ0v) is 22.8. The number of sulfone groups is 1. The molecule has 38 heavy (non-hydrogen) atoms. The Balaban J connectivity index is 1.58. The highest BCUT2D eigenvalue weighted by molar-refractivity contribution is 7.93. The molecule has 0 bridgehead atoms. The van der Waals surface area contributed by atoms with Gasteiger partial charge in [-0.1, -0.05) is 70.8 Å². The zero-order chi connectivity index (χ0) is 26.9. The lowest BCUT2D eigenvalue weighted by Crippen LogP contribution is -2.34. The Labute approximate surface area is 230 Å². The number of Topliss-reactive ketones (excluding diaryl/α,β-unsaturated/α-hetero) is 1. The number of benzene rings is 3. The van der Waals surface area contributed by atoms with E-state index in [-0.39, 0.29) is 17.7 Å². The SMILES string of the molecule is Cc1cc(CC(=O)C(Cc2cccc(Cl)c2)S(=O)(=O)c2cn(Cc3cccc(Cl)c3)c3ccccc23)no1. The van der Waals surface area contributed by atoms with Gasteiger partial charge in [-0.25, -0.2) is 8.42 Å². The Bertz CT molecular complexity index is 1740. The Kier molecular flexibility index (Phi) is 7.43. The highest BCUT2D eigenvalue weighted by Crippen LogP contribution is 2.31. The second kappa shape index (κ2) is 10.8. The number of rotatable bonds is 9. The van der Waals surface area contributed by atoms with E-state index in [4.69, 9.17) is 27.7 Å². The third kappa shape index (κ3) is 5.55. The fraction of sp³-hybridized carbons (Fsp3) is 0.172. The van der Waals surface area contributed by atoms with Crippen molar-refractivity contribution in [2.75, 3.05) is 0 Å². The van der Waals surface area contributed by atoms with Crippen LogP contribution in [0.25, 0.3) is 10.9 Å². The maximum absolute atomic E-state index is 14.3. The molecular formula is C29H24Cl2N2O4S. The average Bonchev–Trinajstić information content (AvgIpc) is 3.46. The first-order valence-electron chi connectivity index (χ1n) is 12.0. The molecule has 3 aromatic carbocycles. The van der Waals surface area contributed by atoms with Gasteiger partial charge >= 0.3 is 0 Å². The van der Waals surface area contributed by atoms with Crippen LogP contribution in [0.2, 0.25) is 10.0 Å². The summed E-state index contributed by atoms with van der Waals surface area (Å²) in [6.45, 7) is 2.14. The van der Waals surface area contributed by atoms with Gasteiger partial charge < -0.3 is 9.09 Å². The van der Waals surface area contributed by atoms with Crippen LogP contribution in [-0.4, -0.2) is 29.2 Å². The Hall–Kier alpha value is -3.39. The smallest absolute Gasteiger partial charge is 0.190 e. The Morgan fingerprint density at radius 3 is 2.32 bits per heavy atom. The first-order chi connectivity index (χ1) is 18.2. The van der Waals surface area contributed by atoms with Gasteiger partial charge in [-0.15, -0.1) is 0 Å². The number of aromatic nitrogens is 2. The minimum absolute atomic E-state index is 0.0215. The summed E-state index contributed by atoms with van der Waals surface area (Å²) in [7, 11) is -4.13. The normalized spacial score (nSPS) is 12.6. The summed E-state index contributed by atoms with van der Waals surface area (Å²) in [6, 6.07) is 23.2. The van der Waals surface area contributed by atoms with E-state index in [1.165, 1.54) is 0 Å². The highest BCUT2D eigenvalue weighted by atomic mass is 35.5. The molecule has 1 unspecified atom stereocenters. The molecule has 0 amide bonds. The van der Waals surface area contributed by atoms with Gasteiger partial charge in [-0.05, 0) is 54.8 Å². The third-order valence-electron chi connectivity index (χ3n) is 6.38. The second-order valence-electron chi connectivity index (χ2n) is 9.21. The van der Waals surface area contributed by atoms with Crippen molar-refractivity contribution >= 4 is 49.7 Å². The Morgan fingerprint density at radius 1 is 0.947 bits per heavy atom. The third-order valence-corrected chi connectivity index (χ3v) is 8.96.